The highest BCUT2D eigenvalue weighted by Gasteiger charge is 2.18. The molecule has 1 unspecified atom stereocenters. The van der Waals surface area contributed by atoms with E-state index in [1.54, 1.807) is 18.2 Å². The average Bonchev–Trinajstić information content (AvgIpc) is 2.59. The van der Waals surface area contributed by atoms with Gasteiger partial charge in [-0.1, -0.05) is 30.1 Å². The predicted molar refractivity (Wildman–Crippen MR) is 80.1 cm³/mol. The van der Waals surface area contributed by atoms with Gasteiger partial charge in [0, 0.05) is 18.8 Å². The number of carbonyl (C=O) groups is 1. The van der Waals surface area contributed by atoms with Gasteiger partial charge in [-0.15, -0.1) is 0 Å². The minimum Gasteiger partial charge on any atom is -0.325 e. The molecule has 1 aliphatic heterocycles. The van der Waals surface area contributed by atoms with E-state index in [9.17, 15) is 4.79 Å². The van der Waals surface area contributed by atoms with Gasteiger partial charge in [-0.3, -0.25) is 0 Å². The molecule has 0 aliphatic carbocycles. The van der Waals surface area contributed by atoms with Crippen LogP contribution in [0.2, 0.25) is 10.0 Å². The minimum atomic E-state index is -0.0625. The van der Waals surface area contributed by atoms with Crippen LogP contribution in [0.25, 0.3) is 0 Å². The molecule has 1 atom stereocenters. The summed E-state index contributed by atoms with van der Waals surface area (Å²) in [5.41, 5.74) is 0.677. The third-order valence-electron chi connectivity index (χ3n) is 3.47. The lowest BCUT2D eigenvalue weighted by Gasteiger charge is -2.21. The van der Waals surface area contributed by atoms with Crippen LogP contribution in [-0.4, -0.2) is 24.0 Å². The second kappa shape index (κ2) is 6.49. The third-order valence-corrected chi connectivity index (χ3v) is 4.21. The van der Waals surface area contributed by atoms with E-state index in [2.05, 4.69) is 12.2 Å². The Balaban J connectivity index is 1.98. The summed E-state index contributed by atoms with van der Waals surface area (Å²) in [5.74, 6) is 0.697. The fraction of sp³-hybridized carbons (Fsp3) is 0.500. The maximum atomic E-state index is 12.2. The summed E-state index contributed by atoms with van der Waals surface area (Å²) in [7, 11) is 0. The van der Waals surface area contributed by atoms with Crippen LogP contribution in [0.5, 0.6) is 0 Å². The van der Waals surface area contributed by atoms with Gasteiger partial charge in [0.15, 0.2) is 0 Å². The van der Waals surface area contributed by atoms with E-state index in [0.29, 0.717) is 21.7 Å². The number of nitrogens with one attached hydrogen (secondary N) is 1. The molecule has 0 bridgehead atoms. The van der Waals surface area contributed by atoms with Crippen LogP contribution in [0, 0.1) is 5.92 Å². The number of amides is 2. The molecule has 1 fully saturated rings. The fourth-order valence-electron chi connectivity index (χ4n) is 2.24. The summed E-state index contributed by atoms with van der Waals surface area (Å²) in [6.45, 7) is 3.87. The molecule has 3 nitrogen and oxygen atoms in total. The molecule has 5 heteroatoms. The minimum absolute atomic E-state index is 0.0625. The number of halogens is 2. The first-order valence-corrected chi connectivity index (χ1v) is 7.33. The normalized spacial score (nSPS) is 19.9. The van der Waals surface area contributed by atoms with Gasteiger partial charge < -0.3 is 10.2 Å². The Kier molecular flexibility index (Phi) is 4.94. The van der Waals surface area contributed by atoms with Gasteiger partial charge in [-0.2, -0.15) is 0 Å². The molecule has 0 spiro atoms. The molecule has 1 saturated heterocycles. The van der Waals surface area contributed by atoms with Gasteiger partial charge in [0.1, 0.15) is 0 Å². The third kappa shape index (κ3) is 4.02. The molecule has 1 N–H and O–H groups in total. The van der Waals surface area contributed by atoms with Crippen LogP contribution in [0.3, 0.4) is 0 Å². The van der Waals surface area contributed by atoms with E-state index in [4.69, 9.17) is 23.2 Å². The number of carbonyl (C=O) groups excluding carboxylic acids is 1. The number of urea groups is 1. The number of benzene rings is 1. The Morgan fingerprint density at radius 2 is 2.05 bits per heavy atom. The maximum absolute atomic E-state index is 12.2. The number of hydrogen-bond acceptors (Lipinski definition) is 1. The molecule has 1 aromatic rings. The molecule has 0 saturated carbocycles. The van der Waals surface area contributed by atoms with Crippen molar-refractivity contribution >= 4 is 34.9 Å². The Bertz CT molecular complexity index is 465. The summed E-state index contributed by atoms with van der Waals surface area (Å²) < 4.78 is 0. The van der Waals surface area contributed by atoms with Crippen molar-refractivity contribution in [2.75, 3.05) is 18.4 Å². The zero-order valence-corrected chi connectivity index (χ0v) is 12.5. The first kappa shape index (κ1) is 14.5. The molecule has 1 aliphatic rings. The first-order chi connectivity index (χ1) is 9.06. The molecule has 0 aromatic heterocycles. The van der Waals surface area contributed by atoms with Crippen molar-refractivity contribution in [3.63, 3.8) is 0 Å². The lowest BCUT2D eigenvalue weighted by molar-refractivity contribution is 0.213. The SMILES string of the molecule is CC1CCCN(C(=O)Nc2ccc(Cl)c(Cl)c2)CC1. The Labute approximate surface area is 123 Å². The topological polar surface area (TPSA) is 32.3 Å². The summed E-state index contributed by atoms with van der Waals surface area (Å²) in [4.78, 5) is 14.0. The van der Waals surface area contributed by atoms with Crippen molar-refractivity contribution in [3.05, 3.63) is 28.2 Å². The van der Waals surface area contributed by atoms with E-state index in [1.165, 1.54) is 6.42 Å². The molecule has 1 heterocycles. The van der Waals surface area contributed by atoms with Crippen LogP contribution < -0.4 is 5.32 Å². The van der Waals surface area contributed by atoms with Crippen molar-refractivity contribution in [2.24, 2.45) is 5.92 Å². The largest absolute Gasteiger partial charge is 0.325 e. The second-order valence-electron chi connectivity index (χ2n) is 5.08. The van der Waals surface area contributed by atoms with Gasteiger partial charge in [-0.05, 0) is 43.4 Å². The van der Waals surface area contributed by atoms with Crippen LogP contribution in [0.4, 0.5) is 10.5 Å². The summed E-state index contributed by atoms with van der Waals surface area (Å²) in [5, 5.41) is 3.80. The van der Waals surface area contributed by atoms with E-state index in [-0.39, 0.29) is 6.03 Å². The standard InChI is InChI=1S/C14H18Cl2N2O/c1-10-3-2-7-18(8-6-10)14(19)17-11-4-5-12(15)13(16)9-11/h4-5,9-10H,2-3,6-8H2,1H3,(H,17,19). The molecular weight excluding hydrogens is 283 g/mol. The van der Waals surface area contributed by atoms with E-state index in [1.807, 2.05) is 4.90 Å². The number of hydrogen-bond donors (Lipinski definition) is 1. The maximum Gasteiger partial charge on any atom is 0.321 e. The monoisotopic (exact) mass is 300 g/mol. The first-order valence-electron chi connectivity index (χ1n) is 6.57. The Morgan fingerprint density at radius 3 is 2.79 bits per heavy atom. The molecular formula is C14H18Cl2N2O. The zero-order valence-electron chi connectivity index (χ0n) is 11.0. The van der Waals surface area contributed by atoms with E-state index in [0.717, 1.165) is 25.9 Å². The molecule has 104 valence electrons. The van der Waals surface area contributed by atoms with Gasteiger partial charge in [0.2, 0.25) is 0 Å². The summed E-state index contributed by atoms with van der Waals surface area (Å²) in [6.07, 6.45) is 3.32. The smallest absolute Gasteiger partial charge is 0.321 e. The Hall–Kier alpha value is -0.930. The van der Waals surface area contributed by atoms with E-state index < -0.39 is 0 Å². The quantitative estimate of drug-likeness (QED) is 0.804. The van der Waals surface area contributed by atoms with Gasteiger partial charge in [-0.25, -0.2) is 4.79 Å². The summed E-state index contributed by atoms with van der Waals surface area (Å²) >= 11 is 11.8. The predicted octanol–water partition coefficient (Wildman–Crippen LogP) is 4.65. The second-order valence-corrected chi connectivity index (χ2v) is 5.90. The van der Waals surface area contributed by atoms with Crippen molar-refractivity contribution < 1.29 is 4.79 Å². The van der Waals surface area contributed by atoms with Gasteiger partial charge in [0.25, 0.3) is 0 Å². The van der Waals surface area contributed by atoms with Crippen LogP contribution >= 0.6 is 23.2 Å². The highest BCUT2D eigenvalue weighted by Crippen LogP contribution is 2.25. The van der Waals surface area contributed by atoms with Crippen molar-refractivity contribution in [1.29, 1.82) is 0 Å². The van der Waals surface area contributed by atoms with Gasteiger partial charge >= 0.3 is 6.03 Å². The number of likely N-dealkylation sites (tertiary alicyclic amines) is 1. The molecule has 0 radical (unpaired) electrons. The molecule has 19 heavy (non-hydrogen) atoms. The zero-order chi connectivity index (χ0) is 13.8. The van der Waals surface area contributed by atoms with Crippen LogP contribution in [-0.2, 0) is 0 Å². The summed E-state index contributed by atoms with van der Waals surface area (Å²) in [6, 6.07) is 5.05. The number of anilines is 1. The fourth-order valence-corrected chi connectivity index (χ4v) is 2.54. The Morgan fingerprint density at radius 1 is 1.26 bits per heavy atom. The van der Waals surface area contributed by atoms with Crippen molar-refractivity contribution in [2.45, 2.75) is 26.2 Å². The van der Waals surface area contributed by atoms with Gasteiger partial charge in [0.05, 0.1) is 10.0 Å². The molecule has 2 rings (SSSR count). The number of nitrogens with zero attached hydrogens (tertiary/aromatic N) is 1. The van der Waals surface area contributed by atoms with Crippen LogP contribution in [0.15, 0.2) is 18.2 Å². The highest BCUT2D eigenvalue weighted by atomic mass is 35.5. The van der Waals surface area contributed by atoms with Crippen molar-refractivity contribution in [3.8, 4) is 0 Å². The molecule has 1 aromatic carbocycles. The van der Waals surface area contributed by atoms with Crippen molar-refractivity contribution in [1.82, 2.24) is 4.90 Å². The highest BCUT2D eigenvalue weighted by molar-refractivity contribution is 6.42. The molecule has 2 amide bonds. The number of rotatable bonds is 1. The lowest BCUT2D eigenvalue weighted by atomic mass is 10.0. The lowest BCUT2D eigenvalue weighted by Crippen LogP contribution is -2.35. The van der Waals surface area contributed by atoms with Crippen LogP contribution in [0.1, 0.15) is 26.2 Å². The van der Waals surface area contributed by atoms with E-state index >= 15 is 0 Å². The average molecular weight is 301 g/mol.